The molecule has 0 atom stereocenters. The van der Waals surface area contributed by atoms with Gasteiger partial charge in [0.25, 0.3) is 15.9 Å². The van der Waals surface area contributed by atoms with E-state index in [9.17, 15) is 13.2 Å². The number of carbonyl (C=O) groups is 1. The van der Waals surface area contributed by atoms with E-state index in [4.69, 9.17) is 4.74 Å². The quantitative estimate of drug-likeness (QED) is 0.575. The molecule has 6 nitrogen and oxygen atoms in total. The predicted octanol–water partition coefficient (Wildman–Crippen LogP) is 3.87. The van der Waals surface area contributed by atoms with Gasteiger partial charge in [0.2, 0.25) is 0 Å². The van der Waals surface area contributed by atoms with Crippen LogP contribution in [0.5, 0.6) is 0 Å². The normalized spacial score (nSPS) is 11.1. The molecule has 3 aromatic carbocycles. The van der Waals surface area contributed by atoms with Crippen LogP contribution in [0, 0.1) is 6.92 Å². The number of ether oxygens (including phenoxy) is 1. The Bertz CT molecular complexity index is 1110. The van der Waals surface area contributed by atoms with Crippen LogP contribution in [0.2, 0.25) is 0 Å². The summed E-state index contributed by atoms with van der Waals surface area (Å²) in [6.07, 6.45) is 0. The van der Waals surface area contributed by atoms with E-state index in [2.05, 4.69) is 10.0 Å². The molecule has 0 aromatic heterocycles. The maximum atomic E-state index is 12.6. The number of aryl methyl sites for hydroxylation is 1. The molecule has 30 heavy (non-hydrogen) atoms. The van der Waals surface area contributed by atoms with Crippen molar-refractivity contribution < 1.29 is 17.9 Å². The minimum absolute atomic E-state index is 0.0880. The number of benzene rings is 3. The minimum atomic E-state index is -3.73. The number of hydrogen-bond donors (Lipinski definition) is 2. The first-order valence-electron chi connectivity index (χ1n) is 9.42. The molecule has 0 aliphatic carbocycles. The van der Waals surface area contributed by atoms with Gasteiger partial charge in [-0.2, -0.15) is 0 Å². The molecule has 0 heterocycles. The third-order valence-corrected chi connectivity index (χ3v) is 5.99. The fraction of sp³-hybridized carbons (Fsp3) is 0.174. The Balaban J connectivity index is 1.66. The van der Waals surface area contributed by atoms with Gasteiger partial charge in [0.1, 0.15) is 0 Å². The summed E-state index contributed by atoms with van der Waals surface area (Å²) in [5, 5.41) is 2.86. The average Bonchev–Trinajstić information content (AvgIpc) is 2.75. The second-order valence-corrected chi connectivity index (χ2v) is 8.56. The summed E-state index contributed by atoms with van der Waals surface area (Å²) in [6, 6.07) is 20.6. The molecule has 0 aliphatic heterocycles. The summed E-state index contributed by atoms with van der Waals surface area (Å²) in [5.74, 6) is -0.280. The monoisotopic (exact) mass is 424 g/mol. The van der Waals surface area contributed by atoms with Crippen molar-refractivity contribution in [3.05, 3.63) is 95.1 Å². The molecular weight excluding hydrogens is 400 g/mol. The average molecular weight is 425 g/mol. The lowest BCUT2D eigenvalue weighted by molar-refractivity contribution is 0.0950. The van der Waals surface area contributed by atoms with Gasteiger partial charge in [-0.05, 0) is 54.4 Å². The molecule has 1 amide bonds. The molecule has 0 fully saturated rings. The van der Waals surface area contributed by atoms with Gasteiger partial charge in [0.05, 0.1) is 11.5 Å². The number of sulfonamides is 1. The molecule has 0 radical (unpaired) electrons. The first kappa shape index (κ1) is 21.5. The fourth-order valence-electron chi connectivity index (χ4n) is 2.92. The smallest absolute Gasteiger partial charge is 0.261 e. The number of methoxy groups -OCH3 is 1. The van der Waals surface area contributed by atoms with E-state index >= 15 is 0 Å². The molecule has 0 saturated carbocycles. The molecule has 0 unspecified atom stereocenters. The number of nitrogens with one attached hydrogen (secondary N) is 2. The molecule has 7 heteroatoms. The highest BCUT2D eigenvalue weighted by Crippen LogP contribution is 2.17. The maximum Gasteiger partial charge on any atom is 0.261 e. The second kappa shape index (κ2) is 9.56. The van der Waals surface area contributed by atoms with Crippen LogP contribution in [0.15, 0.2) is 77.7 Å². The van der Waals surface area contributed by atoms with Crippen LogP contribution in [-0.2, 0) is 27.9 Å². The van der Waals surface area contributed by atoms with Crippen LogP contribution in [0.1, 0.15) is 27.0 Å². The lowest BCUT2D eigenvalue weighted by Crippen LogP contribution is -2.23. The number of carbonyl (C=O) groups excluding carboxylic acids is 1. The van der Waals surface area contributed by atoms with Crippen molar-refractivity contribution in [3.8, 4) is 0 Å². The van der Waals surface area contributed by atoms with Crippen molar-refractivity contribution >= 4 is 21.6 Å². The SMILES string of the molecule is COCc1ccccc1CNC(=O)c1ccc(S(=O)(=O)Nc2ccc(C)cc2)cc1. The molecule has 0 spiro atoms. The molecular formula is C23H24N2O4S. The van der Waals surface area contributed by atoms with Gasteiger partial charge in [-0.25, -0.2) is 8.42 Å². The highest BCUT2D eigenvalue weighted by molar-refractivity contribution is 7.92. The number of anilines is 1. The molecule has 0 aliphatic rings. The van der Waals surface area contributed by atoms with E-state index < -0.39 is 10.0 Å². The zero-order chi connectivity index (χ0) is 21.6. The lowest BCUT2D eigenvalue weighted by Gasteiger charge is -2.11. The Hall–Kier alpha value is -3.16. The first-order valence-corrected chi connectivity index (χ1v) is 10.9. The van der Waals surface area contributed by atoms with Gasteiger partial charge in [0, 0.05) is 24.9 Å². The number of rotatable bonds is 8. The van der Waals surface area contributed by atoms with E-state index in [0.29, 0.717) is 24.4 Å². The molecule has 2 N–H and O–H groups in total. The Morgan fingerprint density at radius 1 is 0.900 bits per heavy atom. The van der Waals surface area contributed by atoms with Crippen molar-refractivity contribution in [3.63, 3.8) is 0 Å². The van der Waals surface area contributed by atoms with Crippen LogP contribution in [0.3, 0.4) is 0 Å². The molecule has 0 saturated heterocycles. The van der Waals surface area contributed by atoms with Crippen molar-refractivity contribution in [1.82, 2.24) is 5.32 Å². The minimum Gasteiger partial charge on any atom is -0.380 e. The van der Waals surface area contributed by atoms with Gasteiger partial charge in [-0.15, -0.1) is 0 Å². The largest absolute Gasteiger partial charge is 0.380 e. The molecule has 3 aromatic rings. The summed E-state index contributed by atoms with van der Waals surface area (Å²) in [7, 11) is -2.11. The zero-order valence-corrected chi connectivity index (χ0v) is 17.7. The van der Waals surface area contributed by atoms with E-state index in [1.807, 2.05) is 43.3 Å². The Kier molecular flexibility index (Phi) is 6.87. The van der Waals surface area contributed by atoms with Gasteiger partial charge < -0.3 is 10.1 Å². The van der Waals surface area contributed by atoms with E-state index in [0.717, 1.165) is 16.7 Å². The Morgan fingerprint density at radius 3 is 2.17 bits per heavy atom. The van der Waals surface area contributed by atoms with Crippen molar-refractivity contribution in [2.45, 2.75) is 25.0 Å². The summed E-state index contributed by atoms with van der Waals surface area (Å²) in [6.45, 7) is 2.75. The Morgan fingerprint density at radius 2 is 1.53 bits per heavy atom. The predicted molar refractivity (Wildman–Crippen MR) is 117 cm³/mol. The fourth-order valence-corrected chi connectivity index (χ4v) is 3.98. The van der Waals surface area contributed by atoms with Crippen LogP contribution in [-0.4, -0.2) is 21.4 Å². The second-order valence-electron chi connectivity index (χ2n) is 6.88. The van der Waals surface area contributed by atoms with Gasteiger partial charge in [0.15, 0.2) is 0 Å². The van der Waals surface area contributed by atoms with Gasteiger partial charge in [-0.3, -0.25) is 9.52 Å². The highest BCUT2D eigenvalue weighted by Gasteiger charge is 2.15. The Labute approximate surface area is 177 Å². The van der Waals surface area contributed by atoms with Crippen LogP contribution >= 0.6 is 0 Å². The third kappa shape index (κ3) is 5.46. The lowest BCUT2D eigenvalue weighted by atomic mass is 10.1. The molecule has 0 bridgehead atoms. The highest BCUT2D eigenvalue weighted by atomic mass is 32.2. The van der Waals surface area contributed by atoms with Crippen LogP contribution in [0.4, 0.5) is 5.69 Å². The summed E-state index contributed by atoms with van der Waals surface area (Å²) in [5.41, 5.74) is 3.88. The standard InChI is InChI=1S/C23H24N2O4S/c1-17-7-11-21(12-8-17)25-30(27,28)22-13-9-18(10-14-22)23(26)24-15-19-5-3-4-6-20(19)16-29-2/h3-14,25H,15-16H2,1-2H3,(H,24,26). The van der Waals surface area contributed by atoms with Crippen LogP contribution < -0.4 is 10.0 Å². The van der Waals surface area contributed by atoms with E-state index in [1.54, 1.807) is 19.2 Å². The maximum absolute atomic E-state index is 12.6. The topological polar surface area (TPSA) is 84.5 Å². The summed E-state index contributed by atoms with van der Waals surface area (Å²) >= 11 is 0. The molecule has 3 rings (SSSR count). The summed E-state index contributed by atoms with van der Waals surface area (Å²) < 4.78 is 32.8. The summed E-state index contributed by atoms with van der Waals surface area (Å²) in [4.78, 5) is 12.6. The van der Waals surface area contributed by atoms with Gasteiger partial charge >= 0.3 is 0 Å². The first-order chi connectivity index (χ1) is 14.4. The van der Waals surface area contributed by atoms with E-state index in [-0.39, 0.29) is 10.8 Å². The zero-order valence-electron chi connectivity index (χ0n) is 16.9. The number of amides is 1. The van der Waals surface area contributed by atoms with Crippen molar-refractivity contribution in [2.24, 2.45) is 0 Å². The number of hydrogen-bond acceptors (Lipinski definition) is 4. The van der Waals surface area contributed by atoms with Crippen molar-refractivity contribution in [1.29, 1.82) is 0 Å². The van der Waals surface area contributed by atoms with E-state index in [1.165, 1.54) is 24.3 Å². The molecule has 156 valence electrons. The van der Waals surface area contributed by atoms with Gasteiger partial charge in [-0.1, -0.05) is 42.0 Å². The van der Waals surface area contributed by atoms with Crippen molar-refractivity contribution in [2.75, 3.05) is 11.8 Å². The van der Waals surface area contributed by atoms with Crippen LogP contribution in [0.25, 0.3) is 0 Å². The third-order valence-electron chi connectivity index (χ3n) is 4.59.